The van der Waals surface area contributed by atoms with E-state index in [4.69, 9.17) is 0 Å². The zero-order valence-corrected chi connectivity index (χ0v) is 19.2. The van der Waals surface area contributed by atoms with Crippen LogP contribution in [0.4, 0.5) is 10.1 Å². The summed E-state index contributed by atoms with van der Waals surface area (Å²) in [6.07, 6.45) is 5.04. The Hall–Kier alpha value is -1.88. The number of hydrogen-bond acceptors (Lipinski definition) is 4. The van der Waals surface area contributed by atoms with E-state index < -0.39 is 11.9 Å². The summed E-state index contributed by atoms with van der Waals surface area (Å²) in [5, 5.41) is 21.2. The summed E-state index contributed by atoms with van der Waals surface area (Å²) in [6, 6.07) is 6.49. The normalized spacial score (nSPS) is 18.1. The smallest absolute Gasteiger partial charge is 0.191 e. The summed E-state index contributed by atoms with van der Waals surface area (Å²) in [7, 11) is 1.92. The molecule has 0 bridgehead atoms. The second-order valence-corrected chi connectivity index (χ2v) is 7.06. The van der Waals surface area contributed by atoms with E-state index in [0.29, 0.717) is 12.5 Å². The van der Waals surface area contributed by atoms with Crippen LogP contribution in [0.3, 0.4) is 0 Å². The van der Waals surface area contributed by atoms with Crippen LogP contribution >= 0.6 is 24.0 Å². The number of aryl methyl sites for hydroxylation is 1. The topological polar surface area (TPSA) is 77.7 Å². The third-order valence-electron chi connectivity index (χ3n) is 4.85. The SMILES string of the molecule is CCNC(=NCC(O)c1ccccc1F)NC1CCCN(c2cnn(C)c2)C1.I. The fourth-order valence-corrected chi connectivity index (χ4v) is 3.44. The maximum absolute atomic E-state index is 13.8. The van der Waals surface area contributed by atoms with E-state index >= 15 is 0 Å². The Bertz CT molecular complexity index is 799. The first-order valence-electron chi connectivity index (χ1n) is 9.77. The molecule has 1 aliphatic rings. The Morgan fingerprint density at radius 1 is 1.41 bits per heavy atom. The zero-order valence-electron chi connectivity index (χ0n) is 16.9. The van der Waals surface area contributed by atoms with Crippen LogP contribution in [0.5, 0.6) is 0 Å². The van der Waals surface area contributed by atoms with Gasteiger partial charge >= 0.3 is 0 Å². The van der Waals surface area contributed by atoms with Gasteiger partial charge in [-0.15, -0.1) is 24.0 Å². The van der Waals surface area contributed by atoms with Gasteiger partial charge in [-0.3, -0.25) is 9.67 Å². The van der Waals surface area contributed by atoms with E-state index in [9.17, 15) is 9.50 Å². The van der Waals surface area contributed by atoms with Crippen LogP contribution in [-0.4, -0.2) is 53.1 Å². The third-order valence-corrected chi connectivity index (χ3v) is 4.85. The summed E-state index contributed by atoms with van der Waals surface area (Å²) in [5.41, 5.74) is 1.38. The second-order valence-electron chi connectivity index (χ2n) is 7.06. The van der Waals surface area contributed by atoms with Crippen molar-refractivity contribution < 1.29 is 9.50 Å². The largest absolute Gasteiger partial charge is 0.386 e. The van der Waals surface area contributed by atoms with Gasteiger partial charge in [0.25, 0.3) is 0 Å². The highest BCUT2D eigenvalue weighted by Crippen LogP contribution is 2.19. The van der Waals surface area contributed by atoms with Gasteiger partial charge in [0.15, 0.2) is 5.96 Å². The molecule has 2 unspecified atom stereocenters. The molecule has 160 valence electrons. The molecule has 0 aliphatic carbocycles. The molecule has 1 aliphatic heterocycles. The molecule has 29 heavy (non-hydrogen) atoms. The highest BCUT2D eigenvalue weighted by atomic mass is 127. The Morgan fingerprint density at radius 3 is 2.90 bits per heavy atom. The molecule has 0 spiro atoms. The molecule has 2 heterocycles. The standard InChI is InChI=1S/C20H29FN6O.HI/c1-3-22-20(23-12-19(28)17-8-4-5-9-18(17)21)25-15-7-6-10-27(13-15)16-11-24-26(2)14-16;/h4-5,8-9,11,14-15,19,28H,3,6-7,10,12-13H2,1-2H3,(H2,22,23,25);1H. The van der Waals surface area contributed by atoms with Gasteiger partial charge in [0.1, 0.15) is 11.9 Å². The van der Waals surface area contributed by atoms with E-state index in [-0.39, 0.29) is 42.1 Å². The molecule has 7 nitrogen and oxygen atoms in total. The van der Waals surface area contributed by atoms with Crippen LogP contribution < -0.4 is 15.5 Å². The molecule has 1 saturated heterocycles. The number of aliphatic hydroxyl groups is 1. The van der Waals surface area contributed by atoms with Crippen molar-refractivity contribution in [2.24, 2.45) is 12.0 Å². The summed E-state index contributed by atoms with van der Waals surface area (Å²) in [5.74, 6) is 0.221. The fraction of sp³-hybridized carbons (Fsp3) is 0.500. The van der Waals surface area contributed by atoms with Crippen molar-refractivity contribution in [1.82, 2.24) is 20.4 Å². The number of nitrogens with zero attached hydrogens (tertiary/aromatic N) is 4. The summed E-state index contributed by atoms with van der Waals surface area (Å²) >= 11 is 0. The van der Waals surface area contributed by atoms with Gasteiger partial charge in [0.05, 0.1) is 18.4 Å². The van der Waals surface area contributed by atoms with E-state index in [1.54, 1.807) is 18.2 Å². The minimum Gasteiger partial charge on any atom is -0.386 e. The zero-order chi connectivity index (χ0) is 19.9. The maximum Gasteiger partial charge on any atom is 0.191 e. The van der Waals surface area contributed by atoms with Gasteiger partial charge < -0.3 is 20.6 Å². The van der Waals surface area contributed by atoms with Crippen LogP contribution in [0.1, 0.15) is 31.4 Å². The molecule has 3 rings (SSSR count). The predicted octanol–water partition coefficient (Wildman–Crippen LogP) is 2.43. The van der Waals surface area contributed by atoms with Gasteiger partial charge in [-0.1, -0.05) is 18.2 Å². The third kappa shape index (κ3) is 6.56. The number of piperidine rings is 1. The van der Waals surface area contributed by atoms with Crippen LogP contribution in [0, 0.1) is 5.82 Å². The number of nitrogens with one attached hydrogen (secondary N) is 2. The minimum absolute atomic E-state index is 0. The molecule has 0 saturated carbocycles. The van der Waals surface area contributed by atoms with E-state index in [0.717, 1.165) is 31.6 Å². The highest BCUT2D eigenvalue weighted by Gasteiger charge is 2.22. The monoisotopic (exact) mass is 516 g/mol. The van der Waals surface area contributed by atoms with Crippen molar-refractivity contribution in [1.29, 1.82) is 0 Å². The number of benzene rings is 1. The molecular formula is C20H30FIN6O. The number of halogens is 2. The lowest BCUT2D eigenvalue weighted by Gasteiger charge is -2.34. The minimum atomic E-state index is -0.977. The first-order valence-corrected chi connectivity index (χ1v) is 9.77. The molecule has 3 N–H and O–H groups in total. The molecule has 2 aromatic rings. The molecule has 1 fully saturated rings. The molecule has 2 atom stereocenters. The number of aromatic nitrogens is 2. The number of anilines is 1. The van der Waals surface area contributed by atoms with Crippen LogP contribution in [0.15, 0.2) is 41.7 Å². The molecule has 1 aromatic carbocycles. The van der Waals surface area contributed by atoms with Crippen molar-refractivity contribution >= 4 is 35.6 Å². The van der Waals surface area contributed by atoms with Gasteiger partial charge in [-0.2, -0.15) is 5.10 Å². The van der Waals surface area contributed by atoms with Gasteiger partial charge in [0.2, 0.25) is 0 Å². The van der Waals surface area contributed by atoms with Crippen molar-refractivity contribution in [3.05, 3.63) is 48.0 Å². The average Bonchev–Trinajstić information content (AvgIpc) is 3.13. The van der Waals surface area contributed by atoms with Gasteiger partial charge in [-0.25, -0.2) is 4.39 Å². The van der Waals surface area contributed by atoms with Crippen molar-refractivity contribution in [2.75, 3.05) is 31.1 Å². The maximum atomic E-state index is 13.8. The lowest BCUT2D eigenvalue weighted by Crippen LogP contribution is -2.51. The summed E-state index contributed by atoms with van der Waals surface area (Å²) in [4.78, 5) is 6.78. The van der Waals surface area contributed by atoms with Crippen LogP contribution in [-0.2, 0) is 7.05 Å². The predicted molar refractivity (Wildman–Crippen MR) is 124 cm³/mol. The lowest BCUT2D eigenvalue weighted by molar-refractivity contribution is 0.182. The van der Waals surface area contributed by atoms with Crippen molar-refractivity contribution in [3.8, 4) is 0 Å². The number of guanidine groups is 1. The van der Waals surface area contributed by atoms with E-state index in [1.807, 2.05) is 31.0 Å². The Morgan fingerprint density at radius 2 is 2.21 bits per heavy atom. The average molecular weight is 516 g/mol. The van der Waals surface area contributed by atoms with Gasteiger partial charge in [-0.05, 0) is 25.8 Å². The number of hydrogen-bond donors (Lipinski definition) is 3. The number of aliphatic imine (C=N–C) groups is 1. The Kier molecular flexibility index (Phi) is 9.15. The van der Waals surface area contributed by atoms with E-state index in [1.165, 1.54) is 6.07 Å². The molecule has 9 heteroatoms. The Labute approximate surface area is 188 Å². The Balaban J connectivity index is 0.00000300. The first-order chi connectivity index (χ1) is 13.6. The molecule has 0 radical (unpaired) electrons. The van der Waals surface area contributed by atoms with E-state index in [2.05, 4.69) is 25.6 Å². The van der Waals surface area contributed by atoms with Crippen LogP contribution in [0.25, 0.3) is 0 Å². The highest BCUT2D eigenvalue weighted by molar-refractivity contribution is 14.0. The van der Waals surface area contributed by atoms with Crippen molar-refractivity contribution in [2.45, 2.75) is 31.9 Å². The summed E-state index contributed by atoms with van der Waals surface area (Å²) in [6.45, 7) is 4.65. The number of aliphatic hydroxyl groups excluding tert-OH is 1. The fourth-order valence-electron chi connectivity index (χ4n) is 3.44. The quantitative estimate of drug-likeness (QED) is 0.313. The van der Waals surface area contributed by atoms with Crippen molar-refractivity contribution in [3.63, 3.8) is 0 Å². The lowest BCUT2D eigenvalue weighted by atomic mass is 10.1. The molecule has 1 aromatic heterocycles. The molecule has 0 amide bonds. The molecular weight excluding hydrogens is 486 g/mol. The number of rotatable bonds is 6. The first kappa shape index (κ1) is 23.4. The van der Waals surface area contributed by atoms with Crippen LogP contribution in [0.2, 0.25) is 0 Å². The van der Waals surface area contributed by atoms with Gasteiger partial charge in [0, 0.05) is 44.5 Å². The second kappa shape index (κ2) is 11.3. The summed E-state index contributed by atoms with van der Waals surface area (Å²) < 4.78 is 15.6.